The SMILES string of the molecule is Nc1nc2cc(-c3nc4cc(N5CCCC5)cc5c4n3CCCCO5)ccc2o1. The van der Waals surface area contributed by atoms with E-state index >= 15 is 0 Å². The molecule has 0 saturated carbocycles. The van der Waals surface area contributed by atoms with Crippen molar-refractivity contribution in [3.05, 3.63) is 30.3 Å². The maximum absolute atomic E-state index is 6.19. The number of nitrogens with two attached hydrogens (primary N) is 1. The van der Waals surface area contributed by atoms with Crippen LogP contribution in [0.4, 0.5) is 11.7 Å². The summed E-state index contributed by atoms with van der Waals surface area (Å²) in [5.74, 6) is 1.88. The summed E-state index contributed by atoms with van der Waals surface area (Å²) in [6.45, 7) is 3.87. The van der Waals surface area contributed by atoms with Crippen molar-refractivity contribution in [2.75, 3.05) is 30.3 Å². The Kier molecular flexibility index (Phi) is 3.69. The van der Waals surface area contributed by atoms with E-state index in [1.165, 1.54) is 18.5 Å². The highest BCUT2D eigenvalue weighted by molar-refractivity contribution is 5.90. The Bertz CT molecular complexity index is 1220. The topological polar surface area (TPSA) is 82.3 Å². The number of aromatic nitrogens is 3. The molecular formula is C22H23N5O2. The van der Waals surface area contributed by atoms with E-state index in [1.807, 2.05) is 18.2 Å². The van der Waals surface area contributed by atoms with Crippen molar-refractivity contribution in [3.63, 3.8) is 0 Å². The van der Waals surface area contributed by atoms with Gasteiger partial charge in [-0.05, 0) is 49.9 Å². The van der Waals surface area contributed by atoms with Gasteiger partial charge in [-0.2, -0.15) is 4.98 Å². The number of rotatable bonds is 2. The summed E-state index contributed by atoms with van der Waals surface area (Å²) in [5, 5.41) is 0. The second kappa shape index (κ2) is 6.40. The number of nitrogen functional groups attached to an aromatic ring is 1. The largest absolute Gasteiger partial charge is 0.491 e. The molecule has 0 spiro atoms. The van der Waals surface area contributed by atoms with E-state index in [0.29, 0.717) is 5.58 Å². The Hall–Kier alpha value is -3.22. The Labute approximate surface area is 168 Å². The number of hydrogen-bond donors (Lipinski definition) is 1. The van der Waals surface area contributed by atoms with Crippen LogP contribution in [-0.2, 0) is 6.54 Å². The van der Waals surface area contributed by atoms with Crippen LogP contribution < -0.4 is 15.4 Å². The monoisotopic (exact) mass is 389 g/mol. The smallest absolute Gasteiger partial charge is 0.292 e. The molecule has 2 aromatic heterocycles. The fourth-order valence-corrected chi connectivity index (χ4v) is 4.56. The minimum atomic E-state index is 0.186. The van der Waals surface area contributed by atoms with Gasteiger partial charge in [0.25, 0.3) is 6.01 Å². The first kappa shape index (κ1) is 16.7. The average Bonchev–Trinajstić information content (AvgIpc) is 3.42. The number of nitrogens with zero attached hydrogens (tertiary/aromatic N) is 4. The zero-order valence-corrected chi connectivity index (χ0v) is 16.2. The van der Waals surface area contributed by atoms with E-state index in [9.17, 15) is 0 Å². The van der Waals surface area contributed by atoms with Gasteiger partial charge in [0.2, 0.25) is 0 Å². The normalized spacial score (nSPS) is 16.9. The van der Waals surface area contributed by atoms with Crippen molar-refractivity contribution in [1.29, 1.82) is 0 Å². The highest BCUT2D eigenvalue weighted by atomic mass is 16.5. The molecule has 2 aliphatic rings. The first-order valence-electron chi connectivity index (χ1n) is 10.3. The number of aryl methyl sites for hydroxylation is 1. The summed E-state index contributed by atoms with van der Waals surface area (Å²) in [6.07, 6.45) is 4.58. The molecule has 1 fully saturated rings. The summed E-state index contributed by atoms with van der Waals surface area (Å²) in [6, 6.07) is 10.5. The number of imidazole rings is 1. The molecule has 0 aliphatic carbocycles. The van der Waals surface area contributed by atoms with Crippen LogP contribution >= 0.6 is 0 Å². The minimum absolute atomic E-state index is 0.186. The number of benzene rings is 2. The molecule has 2 N–H and O–H groups in total. The number of fused-ring (bicyclic) bond motifs is 1. The van der Waals surface area contributed by atoms with Crippen LogP contribution in [-0.4, -0.2) is 34.2 Å². The van der Waals surface area contributed by atoms with Crippen LogP contribution in [0.2, 0.25) is 0 Å². The fraction of sp³-hybridized carbons (Fsp3) is 0.364. The maximum atomic E-state index is 6.19. The third-order valence-corrected chi connectivity index (χ3v) is 5.96. The van der Waals surface area contributed by atoms with Gasteiger partial charge in [0.05, 0.1) is 12.1 Å². The molecule has 4 heterocycles. The van der Waals surface area contributed by atoms with E-state index in [0.717, 1.165) is 72.8 Å². The van der Waals surface area contributed by atoms with Crippen molar-refractivity contribution in [2.45, 2.75) is 32.2 Å². The van der Waals surface area contributed by atoms with E-state index in [-0.39, 0.29) is 6.01 Å². The fourth-order valence-electron chi connectivity index (χ4n) is 4.56. The molecule has 29 heavy (non-hydrogen) atoms. The van der Waals surface area contributed by atoms with E-state index in [1.54, 1.807) is 0 Å². The molecule has 0 amide bonds. The molecule has 0 radical (unpaired) electrons. The van der Waals surface area contributed by atoms with Crippen LogP contribution in [0.15, 0.2) is 34.7 Å². The van der Waals surface area contributed by atoms with Gasteiger partial charge in [0, 0.05) is 37.0 Å². The first-order chi connectivity index (χ1) is 14.3. The van der Waals surface area contributed by atoms with E-state index in [4.69, 9.17) is 19.9 Å². The summed E-state index contributed by atoms with van der Waals surface area (Å²) >= 11 is 0. The molecule has 7 heteroatoms. The van der Waals surface area contributed by atoms with Crippen molar-refractivity contribution in [1.82, 2.24) is 14.5 Å². The highest BCUT2D eigenvalue weighted by Crippen LogP contribution is 2.38. The van der Waals surface area contributed by atoms with Crippen LogP contribution in [0.5, 0.6) is 5.75 Å². The highest BCUT2D eigenvalue weighted by Gasteiger charge is 2.22. The Morgan fingerprint density at radius 1 is 0.897 bits per heavy atom. The lowest BCUT2D eigenvalue weighted by molar-refractivity contribution is 0.299. The second-order valence-corrected chi connectivity index (χ2v) is 7.88. The Balaban J connectivity index is 1.56. The van der Waals surface area contributed by atoms with E-state index < -0.39 is 0 Å². The van der Waals surface area contributed by atoms with Crippen LogP contribution in [0.3, 0.4) is 0 Å². The first-order valence-corrected chi connectivity index (χ1v) is 10.3. The molecule has 0 unspecified atom stereocenters. The zero-order chi connectivity index (χ0) is 19.4. The quantitative estimate of drug-likeness (QED) is 0.553. The van der Waals surface area contributed by atoms with Crippen molar-refractivity contribution >= 4 is 33.8 Å². The van der Waals surface area contributed by atoms with Gasteiger partial charge in [-0.25, -0.2) is 4.98 Å². The van der Waals surface area contributed by atoms with Gasteiger partial charge < -0.3 is 24.4 Å². The summed E-state index contributed by atoms with van der Waals surface area (Å²) in [7, 11) is 0. The molecule has 2 aliphatic heterocycles. The lowest BCUT2D eigenvalue weighted by Gasteiger charge is -2.21. The lowest BCUT2D eigenvalue weighted by atomic mass is 10.2. The van der Waals surface area contributed by atoms with Crippen LogP contribution in [0, 0.1) is 0 Å². The third kappa shape index (κ3) is 2.72. The molecule has 7 nitrogen and oxygen atoms in total. The van der Waals surface area contributed by atoms with Crippen LogP contribution in [0.25, 0.3) is 33.5 Å². The summed E-state index contributed by atoms with van der Waals surface area (Å²) < 4.78 is 13.9. The van der Waals surface area contributed by atoms with Gasteiger partial charge in [-0.1, -0.05) is 0 Å². The molecule has 6 rings (SSSR count). The molecular weight excluding hydrogens is 366 g/mol. The molecule has 0 bridgehead atoms. The third-order valence-electron chi connectivity index (χ3n) is 5.96. The number of oxazole rings is 1. The van der Waals surface area contributed by atoms with Gasteiger partial charge in [0.1, 0.15) is 22.6 Å². The number of ether oxygens (including phenoxy) is 1. The number of anilines is 2. The Morgan fingerprint density at radius 3 is 2.66 bits per heavy atom. The zero-order valence-electron chi connectivity index (χ0n) is 16.2. The predicted octanol–water partition coefficient (Wildman–Crippen LogP) is 4.20. The number of hydrogen-bond acceptors (Lipinski definition) is 6. The average molecular weight is 389 g/mol. The minimum Gasteiger partial charge on any atom is -0.491 e. The summed E-state index contributed by atoms with van der Waals surface area (Å²) in [4.78, 5) is 11.8. The molecule has 148 valence electrons. The summed E-state index contributed by atoms with van der Waals surface area (Å²) in [5.41, 5.74) is 11.5. The standard InChI is InChI=1S/C22H23N5O2/c23-22-25-16-11-14(5-6-18(16)29-22)21-24-17-12-15(26-7-1-2-8-26)13-19-20(17)27(21)9-3-4-10-28-19/h5-6,11-13H,1-4,7-10H2,(H2,23,25). The van der Waals surface area contributed by atoms with Gasteiger partial charge >= 0.3 is 0 Å². The predicted molar refractivity (Wildman–Crippen MR) is 113 cm³/mol. The van der Waals surface area contributed by atoms with Crippen LogP contribution in [0.1, 0.15) is 25.7 Å². The van der Waals surface area contributed by atoms with Gasteiger partial charge in [-0.3, -0.25) is 0 Å². The van der Waals surface area contributed by atoms with Gasteiger partial charge in [-0.15, -0.1) is 0 Å². The van der Waals surface area contributed by atoms with Crippen molar-refractivity contribution in [3.8, 4) is 17.1 Å². The molecule has 4 aromatic rings. The molecule has 0 atom stereocenters. The second-order valence-electron chi connectivity index (χ2n) is 7.88. The Morgan fingerprint density at radius 2 is 1.76 bits per heavy atom. The van der Waals surface area contributed by atoms with Crippen molar-refractivity contribution < 1.29 is 9.15 Å². The van der Waals surface area contributed by atoms with E-state index in [2.05, 4.69) is 26.6 Å². The molecule has 2 aromatic carbocycles. The molecule has 1 saturated heterocycles. The lowest BCUT2D eigenvalue weighted by Crippen LogP contribution is -2.18. The maximum Gasteiger partial charge on any atom is 0.292 e. The van der Waals surface area contributed by atoms with Gasteiger partial charge in [0.15, 0.2) is 5.58 Å². The van der Waals surface area contributed by atoms with Crippen molar-refractivity contribution in [2.24, 2.45) is 0 Å².